The van der Waals surface area contributed by atoms with E-state index in [-0.39, 0.29) is 18.6 Å². The zero-order valence-corrected chi connectivity index (χ0v) is 14.9. The maximum absolute atomic E-state index is 14.2. The lowest BCUT2D eigenvalue weighted by Gasteiger charge is -2.32. The fourth-order valence-corrected chi connectivity index (χ4v) is 2.81. The molecule has 7 heteroatoms. The topological polar surface area (TPSA) is 58.6 Å². The van der Waals surface area contributed by atoms with E-state index < -0.39 is 30.7 Å². The van der Waals surface area contributed by atoms with E-state index in [0.29, 0.717) is 4.47 Å². The number of alkyl carbamates (subject to hydrolysis) is 1. The second-order valence-electron chi connectivity index (χ2n) is 5.50. The second-order valence-corrected chi connectivity index (χ2v) is 6.42. The number of aliphatic hydroxyl groups excluding tert-OH is 1. The van der Waals surface area contributed by atoms with E-state index in [9.17, 15) is 18.7 Å². The van der Waals surface area contributed by atoms with Crippen molar-refractivity contribution in [3.8, 4) is 0 Å². The minimum absolute atomic E-state index is 0.00483. The normalized spacial score (nSPS) is 13.1. The lowest BCUT2D eigenvalue weighted by atomic mass is 9.87. The van der Waals surface area contributed by atoms with Crippen molar-refractivity contribution in [1.82, 2.24) is 5.32 Å². The van der Waals surface area contributed by atoms with Gasteiger partial charge in [0.2, 0.25) is 0 Å². The SMILES string of the molecule is O=C(NC(CF)(CCO)c1cc(Br)ccc1F)OCc1ccccc1. The summed E-state index contributed by atoms with van der Waals surface area (Å²) in [6, 6.07) is 13.0. The van der Waals surface area contributed by atoms with Crippen LogP contribution < -0.4 is 5.32 Å². The van der Waals surface area contributed by atoms with Crippen LogP contribution in [0.4, 0.5) is 13.6 Å². The number of alkyl halides is 1. The van der Waals surface area contributed by atoms with Crippen molar-refractivity contribution in [1.29, 1.82) is 0 Å². The molecule has 2 aromatic rings. The van der Waals surface area contributed by atoms with Gasteiger partial charge in [-0.1, -0.05) is 46.3 Å². The number of carbonyl (C=O) groups excluding carboxylic acids is 1. The molecule has 0 saturated carbocycles. The Labute approximate surface area is 152 Å². The third-order valence-corrected chi connectivity index (χ3v) is 4.26. The molecule has 25 heavy (non-hydrogen) atoms. The van der Waals surface area contributed by atoms with E-state index in [1.807, 2.05) is 6.07 Å². The molecule has 0 saturated heterocycles. The Hall–Kier alpha value is -1.99. The largest absolute Gasteiger partial charge is 0.445 e. The standard InChI is InChI=1S/C18H18BrF2NO3/c19-14-6-7-16(21)15(10-14)18(12-20,8-9-23)22-17(24)25-11-13-4-2-1-3-5-13/h1-7,10,23H,8-9,11-12H2,(H,22,24). The lowest BCUT2D eigenvalue weighted by molar-refractivity contribution is 0.109. The number of hydrogen-bond acceptors (Lipinski definition) is 3. The highest BCUT2D eigenvalue weighted by Gasteiger charge is 2.37. The maximum Gasteiger partial charge on any atom is 0.408 e. The summed E-state index contributed by atoms with van der Waals surface area (Å²) >= 11 is 3.20. The Balaban J connectivity index is 2.19. The third-order valence-electron chi connectivity index (χ3n) is 3.76. The van der Waals surface area contributed by atoms with Gasteiger partial charge in [0.1, 0.15) is 24.6 Å². The molecule has 1 unspecified atom stereocenters. The van der Waals surface area contributed by atoms with Gasteiger partial charge in [-0.2, -0.15) is 0 Å². The first-order chi connectivity index (χ1) is 12.0. The molecule has 1 amide bonds. The van der Waals surface area contributed by atoms with Crippen LogP contribution in [0.1, 0.15) is 17.5 Å². The predicted molar refractivity (Wildman–Crippen MR) is 93.2 cm³/mol. The molecule has 0 aliphatic rings. The Morgan fingerprint density at radius 1 is 1.24 bits per heavy atom. The minimum Gasteiger partial charge on any atom is -0.445 e. The first-order valence-electron chi connectivity index (χ1n) is 7.62. The van der Waals surface area contributed by atoms with E-state index in [1.54, 1.807) is 24.3 Å². The fourth-order valence-electron chi connectivity index (χ4n) is 2.45. The maximum atomic E-state index is 14.2. The van der Waals surface area contributed by atoms with Gasteiger partial charge in [0.15, 0.2) is 0 Å². The van der Waals surface area contributed by atoms with Crippen molar-refractivity contribution in [3.05, 3.63) is 69.9 Å². The molecule has 0 bridgehead atoms. The first-order valence-corrected chi connectivity index (χ1v) is 8.41. The molecule has 0 aliphatic carbocycles. The summed E-state index contributed by atoms with van der Waals surface area (Å²) in [5.74, 6) is -0.683. The molecule has 2 rings (SSSR count). The Morgan fingerprint density at radius 3 is 2.60 bits per heavy atom. The van der Waals surface area contributed by atoms with Gasteiger partial charge in [-0.25, -0.2) is 13.6 Å². The van der Waals surface area contributed by atoms with Crippen LogP contribution in [0.3, 0.4) is 0 Å². The van der Waals surface area contributed by atoms with Crippen LogP contribution >= 0.6 is 15.9 Å². The van der Waals surface area contributed by atoms with E-state index in [4.69, 9.17) is 4.74 Å². The van der Waals surface area contributed by atoms with Crippen molar-refractivity contribution in [2.75, 3.05) is 13.3 Å². The van der Waals surface area contributed by atoms with Gasteiger partial charge in [-0.3, -0.25) is 0 Å². The Bertz CT molecular complexity index is 715. The van der Waals surface area contributed by atoms with Crippen molar-refractivity contribution in [3.63, 3.8) is 0 Å². The number of amides is 1. The number of benzene rings is 2. The summed E-state index contributed by atoms with van der Waals surface area (Å²) in [5.41, 5.74) is -1.01. The number of hydrogen-bond donors (Lipinski definition) is 2. The molecule has 0 aliphatic heterocycles. The second kappa shape index (κ2) is 8.92. The van der Waals surface area contributed by atoms with Gasteiger partial charge >= 0.3 is 6.09 Å². The first kappa shape index (κ1) is 19.3. The van der Waals surface area contributed by atoms with Crippen LogP contribution in [0, 0.1) is 5.82 Å². The zero-order chi connectivity index (χ0) is 18.3. The van der Waals surface area contributed by atoms with Crippen LogP contribution in [-0.2, 0) is 16.9 Å². The van der Waals surface area contributed by atoms with Crippen LogP contribution in [0.2, 0.25) is 0 Å². The van der Waals surface area contributed by atoms with Gasteiger partial charge in [-0.05, 0) is 23.8 Å². The molecule has 134 valence electrons. The number of carbonyl (C=O) groups is 1. The number of halogens is 3. The van der Waals surface area contributed by atoms with Crippen LogP contribution in [0.5, 0.6) is 0 Å². The van der Waals surface area contributed by atoms with Gasteiger partial charge in [0.25, 0.3) is 0 Å². The van der Waals surface area contributed by atoms with Crippen molar-refractivity contribution < 1.29 is 23.4 Å². The predicted octanol–water partition coefficient (Wildman–Crippen LogP) is 4.06. The molecule has 0 heterocycles. The van der Waals surface area contributed by atoms with Gasteiger partial charge in [0.05, 0.1) is 0 Å². The monoisotopic (exact) mass is 413 g/mol. The Kier molecular flexibility index (Phi) is 6.90. The average molecular weight is 414 g/mol. The smallest absolute Gasteiger partial charge is 0.408 e. The van der Waals surface area contributed by atoms with Gasteiger partial charge in [-0.15, -0.1) is 0 Å². The van der Waals surface area contributed by atoms with Gasteiger partial charge < -0.3 is 15.2 Å². The molecular weight excluding hydrogens is 396 g/mol. The molecule has 0 radical (unpaired) electrons. The minimum atomic E-state index is -1.71. The quantitative estimate of drug-likeness (QED) is 0.719. The fraction of sp³-hybridized carbons (Fsp3) is 0.278. The number of aliphatic hydroxyl groups is 1. The summed E-state index contributed by atoms with van der Waals surface area (Å²) in [7, 11) is 0. The van der Waals surface area contributed by atoms with Crippen molar-refractivity contribution in [2.45, 2.75) is 18.6 Å². The molecule has 0 spiro atoms. The van der Waals surface area contributed by atoms with Crippen molar-refractivity contribution >= 4 is 22.0 Å². The van der Waals surface area contributed by atoms with Crippen LogP contribution in [-0.4, -0.2) is 24.5 Å². The molecule has 2 aromatic carbocycles. The molecule has 1 atom stereocenters. The highest BCUT2D eigenvalue weighted by molar-refractivity contribution is 9.10. The third kappa shape index (κ3) is 4.99. The lowest BCUT2D eigenvalue weighted by Crippen LogP contribution is -2.49. The van der Waals surface area contributed by atoms with Crippen LogP contribution in [0.25, 0.3) is 0 Å². The molecule has 0 fully saturated rings. The molecule has 0 aromatic heterocycles. The average Bonchev–Trinajstić information content (AvgIpc) is 2.62. The van der Waals surface area contributed by atoms with E-state index in [1.165, 1.54) is 12.1 Å². The number of ether oxygens (including phenoxy) is 1. The van der Waals surface area contributed by atoms with E-state index in [0.717, 1.165) is 11.6 Å². The van der Waals surface area contributed by atoms with Gasteiger partial charge in [0, 0.05) is 23.1 Å². The number of rotatable bonds is 7. The Morgan fingerprint density at radius 2 is 1.96 bits per heavy atom. The highest BCUT2D eigenvalue weighted by Crippen LogP contribution is 2.30. The number of nitrogens with one attached hydrogen (secondary N) is 1. The highest BCUT2D eigenvalue weighted by atomic mass is 79.9. The molecule has 4 nitrogen and oxygen atoms in total. The summed E-state index contributed by atoms with van der Waals surface area (Å²) < 4.78 is 33.7. The summed E-state index contributed by atoms with van der Waals surface area (Å²) in [6.45, 7) is -1.54. The molecular formula is C18H18BrF2NO3. The molecule has 2 N–H and O–H groups in total. The van der Waals surface area contributed by atoms with E-state index in [2.05, 4.69) is 21.2 Å². The zero-order valence-electron chi connectivity index (χ0n) is 13.3. The van der Waals surface area contributed by atoms with Crippen molar-refractivity contribution in [2.24, 2.45) is 0 Å². The summed E-state index contributed by atoms with van der Waals surface area (Å²) in [4.78, 5) is 12.1. The van der Waals surface area contributed by atoms with E-state index >= 15 is 0 Å². The summed E-state index contributed by atoms with van der Waals surface area (Å²) in [5, 5.41) is 11.7. The van der Waals surface area contributed by atoms with Crippen LogP contribution in [0.15, 0.2) is 53.0 Å². The summed E-state index contributed by atoms with van der Waals surface area (Å²) in [6.07, 6.45) is -1.09.